The van der Waals surface area contributed by atoms with Crippen molar-refractivity contribution in [3.05, 3.63) is 50.1 Å². The summed E-state index contributed by atoms with van der Waals surface area (Å²) < 4.78 is 0.972. The molecule has 0 radical (unpaired) electrons. The minimum Gasteiger partial charge on any atom is -0.311 e. The number of benzene rings is 1. The molecule has 1 aromatic heterocycles. The molecule has 0 saturated heterocycles. The van der Waals surface area contributed by atoms with Crippen molar-refractivity contribution in [2.45, 2.75) is 13.8 Å². The van der Waals surface area contributed by atoms with Crippen molar-refractivity contribution in [1.82, 2.24) is 0 Å². The van der Waals surface area contributed by atoms with Crippen molar-refractivity contribution in [1.29, 1.82) is 0 Å². The molecule has 0 aliphatic carbocycles. The molecule has 0 atom stereocenters. The highest BCUT2D eigenvalue weighted by molar-refractivity contribution is 9.11. The van der Waals surface area contributed by atoms with Gasteiger partial charge in [0.15, 0.2) is 0 Å². The first-order valence-corrected chi connectivity index (χ1v) is 7.20. The molecule has 2 rings (SSSR count). The number of hydrogen-bond donors (Lipinski definition) is 0. The summed E-state index contributed by atoms with van der Waals surface area (Å²) in [6.45, 7) is 4.08. The summed E-state index contributed by atoms with van der Waals surface area (Å²) in [6.07, 6.45) is 0. The molecule has 1 heterocycles. The van der Waals surface area contributed by atoms with Gasteiger partial charge in [-0.15, -0.1) is 11.3 Å². The van der Waals surface area contributed by atoms with Crippen molar-refractivity contribution in [3.63, 3.8) is 0 Å². The van der Waals surface area contributed by atoms with Crippen LogP contribution in [0.2, 0.25) is 0 Å². The van der Waals surface area contributed by atoms with Crippen LogP contribution in [-0.2, 0) is 0 Å². The van der Waals surface area contributed by atoms with E-state index in [0.717, 1.165) is 25.5 Å². The molecule has 0 spiro atoms. The Bertz CT molecular complexity index is 571. The highest BCUT2D eigenvalue weighted by Crippen LogP contribution is 2.25. The van der Waals surface area contributed by atoms with E-state index in [2.05, 4.69) is 22.0 Å². The Labute approximate surface area is 119 Å². The summed E-state index contributed by atoms with van der Waals surface area (Å²) in [7, 11) is 1.81. The second kappa shape index (κ2) is 5.24. The van der Waals surface area contributed by atoms with Gasteiger partial charge in [0.1, 0.15) is 0 Å². The zero-order valence-electron chi connectivity index (χ0n) is 10.5. The monoisotopic (exact) mass is 323 g/mol. The number of carbonyl (C=O) groups excluding carboxylic acids is 1. The summed E-state index contributed by atoms with van der Waals surface area (Å²) in [5.74, 6) is 0.0238. The number of aryl methyl sites for hydroxylation is 2. The van der Waals surface area contributed by atoms with E-state index in [1.807, 2.05) is 45.2 Å². The Hall–Kier alpha value is -1.13. The maximum atomic E-state index is 12.3. The van der Waals surface area contributed by atoms with Gasteiger partial charge in [-0.3, -0.25) is 4.79 Å². The van der Waals surface area contributed by atoms with E-state index in [-0.39, 0.29) is 5.91 Å². The van der Waals surface area contributed by atoms with Gasteiger partial charge in [0, 0.05) is 12.7 Å². The molecule has 0 aliphatic heterocycles. The first-order valence-electron chi connectivity index (χ1n) is 5.59. The first kappa shape index (κ1) is 13.3. The molecule has 1 aromatic carbocycles. The van der Waals surface area contributed by atoms with Crippen LogP contribution in [0.4, 0.5) is 5.69 Å². The van der Waals surface area contributed by atoms with Crippen LogP contribution in [0.15, 0.2) is 34.1 Å². The molecule has 1 amide bonds. The van der Waals surface area contributed by atoms with Gasteiger partial charge in [-0.25, -0.2) is 0 Å². The highest BCUT2D eigenvalue weighted by atomic mass is 79.9. The third-order valence-electron chi connectivity index (χ3n) is 2.68. The van der Waals surface area contributed by atoms with Crippen LogP contribution in [-0.4, -0.2) is 13.0 Å². The molecule has 0 saturated carbocycles. The number of anilines is 1. The van der Waals surface area contributed by atoms with Gasteiger partial charge in [-0.1, -0.05) is 6.07 Å². The second-order valence-corrected chi connectivity index (χ2v) is 6.78. The number of nitrogens with zero attached hydrogens (tertiary/aromatic N) is 1. The van der Waals surface area contributed by atoms with Gasteiger partial charge in [0.25, 0.3) is 5.91 Å². The van der Waals surface area contributed by atoms with E-state index in [1.54, 1.807) is 4.90 Å². The van der Waals surface area contributed by atoms with Gasteiger partial charge in [0.05, 0.1) is 8.66 Å². The van der Waals surface area contributed by atoms with E-state index in [0.29, 0.717) is 0 Å². The summed E-state index contributed by atoms with van der Waals surface area (Å²) in [4.78, 5) is 14.7. The predicted molar refractivity (Wildman–Crippen MR) is 80.7 cm³/mol. The first-order chi connectivity index (χ1) is 8.47. The van der Waals surface area contributed by atoms with Gasteiger partial charge >= 0.3 is 0 Å². The number of halogens is 1. The highest BCUT2D eigenvalue weighted by Gasteiger charge is 2.15. The molecule has 0 fully saturated rings. The zero-order valence-corrected chi connectivity index (χ0v) is 12.9. The van der Waals surface area contributed by atoms with Crippen LogP contribution in [0.25, 0.3) is 0 Å². The average Bonchev–Trinajstić information content (AvgIpc) is 2.72. The summed E-state index contributed by atoms with van der Waals surface area (Å²) >= 11 is 4.83. The van der Waals surface area contributed by atoms with E-state index in [9.17, 15) is 4.79 Å². The molecule has 4 heteroatoms. The number of hydrogen-bond acceptors (Lipinski definition) is 2. The Kier molecular flexibility index (Phi) is 3.88. The molecule has 0 aliphatic rings. The topological polar surface area (TPSA) is 20.3 Å². The fourth-order valence-corrected chi connectivity index (χ4v) is 3.22. The van der Waals surface area contributed by atoms with Crippen molar-refractivity contribution in [2.75, 3.05) is 11.9 Å². The minimum atomic E-state index is 0.0238. The van der Waals surface area contributed by atoms with Gasteiger partial charge in [-0.2, -0.15) is 0 Å². The lowest BCUT2D eigenvalue weighted by Crippen LogP contribution is -2.25. The number of thiophene rings is 1. The smallest absolute Gasteiger partial charge is 0.268 e. The van der Waals surface area contributed by atoms with Gasteiger partial charge < -0.3 is 4.90 Å². The molecular weight excluding hydrogens is 310 g/mol. The fourth-order valence-electron chi connectivity index (χ4n) is 1.86. The third kappa shape index (κ3) is 2.82. The van der Waals surface area contributed by atoms with Crippen molar-refractivity contribution >= 4 is 38.9 Å². The zero-order chi connectivity index (χ0) is 13.3. The lowest BCUT2D eigenvalue weighted by molar-refractivity contribution is 0.0997. The molecule has 0 bridgehead atoms. The van der Waals surface area contributed by atoms with Crippen LogP contribution in [0.1, 0.15) is 20.8 Å². The second-order valence-electron chi connectivity index (χ2n) is 4.31. The fraction of sp³-hybridized carbons (Fsp3) is 0.214. The average molecular weight is 324 g/mol. The van der Waals surface area contributed by atoms with E-state index in [4.69, 9.17) is 0 Å². The van der Waals surface area contributed by atoms with Crippen LogP contribution in [0.5, 0.6) is 0 Å². The Morgan fingerprint density at radius 2 is 1.78 bits per heavy atom. The summed E-state index contributed by atoms with van der Waals surface area (Å²) in [5, 5.41) is 0. The predicted octanol–water partition coefficient (Wildman–Crippen LogP) is 4.40. The number of rotatable bonds is 2. The van der Waals surface area contributed by atoms with E-state index in [1.165, 1.54) is 11.3 Å². The van der Waals surface area contributed by atoms with Crippen molar-refractivity contribution in [2.24, 2.45) is 0 Å². The maximum absolute atomic E-state index is 12.3. The minimum absolute atomic E-state index is 0.0238. The van der Waals surface area contributed by atoms with Crippen molar-refractivity contribution < 1.29 is 4.79 Å². The largest absolute Gasteiger partial charge is 0.311 e. The molecule has 18 heavy (non-hydrogen) atoms. The molecule has 0 N–H and O–H groups in total. The van der Waals surface area contributed by atoms with Crippen LogP contribution < -0.4 is 4.90 Å². The summed E-state index contributed by atoms with van der Waals surface area (Å²) in [6, 6.07) is 9.88. The maximum Gasteiger partial charge on any atom is 0.268 e. The molecule has 94 valence electrons. The van der Waals surface area contributed by atoms with Crippen LogP contribution in [0, 0.1) is 13.8 Å². The van der Waals surface area contributed by atoms with Gasteiger partial charge in [0.2, 0.25) is 0 Å². The number of carbonyl (C=O) groups is 1. The SMILES string of the molecule is Cc1cc(C)cc(N(C)C(=O)c2ccc(Br)s2)c1. The van der Waals surface area contributed by atoms with Crippen LogP contribution in [0.3, 0.4) is 0 Å². The van der Waals surface area contributed by atoms with E-state index < -0.39 is 0 Å². The molecular formula is C14H14BrNOS. The molecule has 2 aromatic rings. The van der Waals surface area contributed by atoms with Gasteiger partial charge in [-0.05, 0) is 65.2 Å². The quantitative estimate of drug-likeness (QED) is 0.801. The van der Waals surface area contributed by atoms with E-state index >= 15 is 0 Å². The lowest BCUT2D eigenvalue weighted by atomic mass is 10.1. The normalized spacial score (nSPS) is 10.4. The lowest BCUT2D eigenvalue weighted by Gasteiger charge is -2.17. The van der Waals surface area contributed by atoms with Crippen molar-refractivity contribution in [3.8, 4) is 0 Å². The summed E-state index contributed by atoms with van der Waals surface area (Å²) in [5.41, 5.74) is 3.26. The Morgan fingerprint density at radius 3 is 2.28 bits per heavy atom. The number of amides is 1. The molecule has 0 unspecified atom stereocenters. The standard InChI is InChI=1S/C14H14BrNOS/c1-9-6-10(2)8-11(7-9)16(3)14(17)12-4-5-13(15)18-12/h4-8H,1-3H3. The van der Waals surface area contributed by atoms with Crippen LogP contribution >= 0.6 is 27.3 Å². The third-order valence-corrected chi connectivity index (χ3v) is 4.29. The Morgan fingerprint density at radius 1 is 1.17 bits per heavy atom. The molecule has 2 nitrogen and oxygen atoms in total. The Balaban J connectivity index is 2.30.